The van der Waals surface area contributed by atoms with Gasteiger partial charge in [0.15, 0.2) is 0 Å². The number of aromatic nitrogens is 2. The molecule has 3 aromatic rings. The highest BCUT2D eigenvalue weighted by molar-refractivity contribution is 7.14. The van der Waals surface area contributed by atoms with E-state index < -0.39 is 6.04 Å². The Morgan fingerprint density at radius 3 is 2.65 bits per heavy atom. The molecular weight excluding hydrogens is 510 g/mol. The zero-order valence-corrected chi connectivity index (χ0v) is 22.8. The third-order valence-electron chi connectivity index (χ3n) is 6.58. The van der Waals surface area contributed by atoms with E-state index >= 15 is 0 Å². The molecule has 2 atom stereocenters. The van der Waals surface area contributed by atoms with Gasteiger partial charge in [-0.15, -0.1) is 11.3 Å². The minimum absolute atomic E-state index is 0.0503. The van der Waals surface area contributed by atoms with Crippen molar-refractivity contribution in [3.63, 3.8) is 0 Å². The van der Waals surface area contributed by atoms with E-state index in [0.717, 1.165) is 41.9 Å². The first kappa shape index (κ1) is 26.9. The van der Waals surface area contributed by atoms with Gasteiger partial charge in [0, 0.05) is 17.1 Å². The summed E-state index contributed by atoms with van der Waals surface area (Å²) in [7, 11) is 1.54. The fourth-order valence-electron chi connectivity index (χ4n) is 4.51. The first-order valence-corrected chi connectivity index (χ1v) is 13.6. The Morgan fingerprint density at radius 2 is 1.95 bits per heavy atom. The molecule has 1 fully saturated rings. The van der Waals surface area contributed by atoms with Gasteiger partial charge in [0.25, 0.3) is 5.91 Å². The number of thiophene rings is 1. The highest BCUT2D eigenvalue weighted by Crippen LogP contribution is 2.30. The lowest BCUT2D eigenvalue weighted by molar-refractivity contribution is -0.118. The molecule has 2 unspecified atom stereocenters. The number of carbonyl (C=O) groups excluding carboxylic acids is 2. The van der Waals surface area contributed by atoms with Crippen molar-refractivity contribution < 1.29 is 14.3 Å². The number of carbonyl (C=O) groups is 2. The number of hydrogen-bond donors (Lipinski definition) is 3. The topological polar surface area (TPSA) is 105 Å². The van der Waals surface area contributed by atoms with Gasteiger partial charge in [-0.1, -0.05) is 37.3 Å². The predicted molar refractivity (Wildman–Crippen MR) is 148 cm³/mol. The van der Waals surface area contributed by atoms with E-state index in [1.165, 1.54) is 18.4 Å². The molecule has 1 aliphatic rings. The first-order valence-electron chi connectivity index (χ1n) is 12.4. The predicted octanol–water partition coefficient (Wildman–Crippen LogP) is 6.00. The summed E-state index contributed by atoms with van der Waals surface area (Å²) < 4.78 is 5.08. The summed E-state index contributed by atoms with van der Waals surface area (Å²) in [5, 5.41) is 9.85. The van der Waals surface area contributed by atoms with Crippen LogP contribution in [0.4, 0.5) is 11.4 Å². The summed E-state index contributed by atoms with van der Waals surface area (Å²) in [5.74, 6) is 0.383. The number of ether oxygens (including phenoxy) is 1. The van der Waals surface area contributed by atoms with Crippen molar-refractivity contribution in [1.29, 1.82) is 0 Å². The van der Waals surface area contributed by atoms with Gasteiger partial charge in [-0.25, -0.2) is 4.98 Å². The average molecular weight is 542 g/mol. The van der Waals surface area contributed by atoms with E-state index in [9.17, 15) is 9.59 Å². The van der Waals surface area contributed by atoms with Crippen molar-refractivity contribution in [1.82, 2.24) is 15.3 Å². The third kappa shape index (κ3) is 7.20. The fourth-order valence-corrected chi connectivity index (χ4v) is 5.58. The third-order valence-corrected chi connectivity index (χ3v) is 8.05. The van der Waals surface area contributed by atoms with Gasteiger partial charge < -0.3 is 20.7 Å². The number of aryl methyl sites for hydroxylation is 1. The minimum Gasteiger partial charge on any atom is -0.481 e. The highest BCUT2D eigenvalue weighted by Gasteiger charge is 2.28. The SMILES string of the molecule is COc1ccc(NC(=O)C(CC2CCCC2)NC(=O)c2ccc(C(C)Nc3cc(Cl)cnc3C)s2)cn1. The van der Waals surface area contributed by atoms with Crippen molar-refractivity contribution in [2.75, 3.05) is 17.7 Å². The molecule has 10 heteroatoms. The lowest BCUT2D eigenvalue weighted by Crippen LogP contribution is -2.44. The van der Waals surface area contributed by atoms with Crippen LogP contribution in [0.5, 0.6) is 5.88 Å². The van der Waals surface area contributed by atoms with E-state index in [0.29, 0.717) is 33.8 Å². The van der Waals surface area contributed by atoms with Crippen molar-refractivity contribution in [2.45, 2.75) is 58.0 Å². The van der Waals surface area contributed by atoms with Gasteiger partial charge >= 0.3 is 0 Å². The van der Waals surface area contributed by atoms with E-state index in [2.05, 4.69) is 25.9 Å². The number of pyridine rings is 2. The Balaban J connectivity index is 1.43. The zero-order valence-electron chi connectivity index (χ0n) is 21.2. The Labute approximate surface area is 226 Å². The monoisotopic (exact) mass is 541 g/mol. The second-order valence-electron chi connectivity index (χ2n) is 9.35. The van der Waals surface area contributed by atoms with Gasteiger partial charge in [0.1, 0.15) is 6.04 Å². The van der Waals surface area contributed by atoms with Crippen LogP contribution in [-0.4, -0.2) is 34.9 Å². The molecule has 0 spiro atoms. The van der Waals surface area contributed by atoms with Crippen LogP contribution in [0, 0.1) is 12.8 Å². The first-order chi connectivity index (χ1) is 17.8. The van der Waals surface area contributed by atoms with Crippen molar-refractivity contribution in [2.24, 2.45) is 5.92 Å². The van der Waals surface area contributed by atoms with Crippen molar-refractivity contribution >= 4 is 46.1 Å². The number of methoxy groups -OCH3 is 1. The molecule has 196 valence electrons. The summed E-state index contributed by atoms with van der Waals surface area (Å²) >= 11 is 7.50. The molecular formula is C27H32ClN5O3S. The molecule has 0 aliphatic heterocycles. The largest absolute Gasteiger partial charge is 0.481 e. The summed E-state index contributed by atoms with van der Waals surface area (Å²) in [6.07, 6.45) is 8.25. The molecule has 1 saturated carbocycles. The summed E-state index contributed by atoms with van der Waals surface area (Å²) in [6.45, 7) is 3.93. The van der Waals surface area contributed by atoms with Gasteiger partial charge in [0.05, 0.1) is 46.3 Å². The molecule has 37 heavy (non-hydrogen) atoms. The van der Waals surface area contributed by atoms with E-state index in [-0.39, 0.29) is 17.9 Å². The van der Waals surface area contributed by atoms with Crippen LogP contribution >= 0.6 is 22.9 Å². The Kier molecular flexibility index (Phi) is 9.00. The van der Waals surface area contributed by atoms with Crippen LogP contribution in [0.25, 0.3) is 0 Å². The Bertz CT molecular complexity index is 1230. The summed E-state index contributed by atoms with van der Waals surface area (Å²) in [6, 6.07) is 8.30. The van der Waals surface area contributed by atoms with E-state index in [1.807, 2.05) is 26.0 Å². The Hall–Kier alpha value is -3.17. The molecule has 2 amide bonds. The summed E-state index contributed by atoms with van der Waals surface area (Å²) in [4.78, 5) is 36.4. The minimum atomic E-state index is -0.640. The molecule has 4 rings (SSSR count). The van der Waals surface area contributed by atoms with Crippen LogP contribution in [0.2, 0.25) is 5.02 Å². The van der Waals surface area contributed by atoms with Crippen molar-refractivity contribution in [3.8, 4) is 5.88 Å². The number of rotatable bonds is 10. The molecule has 8 nitrogen and oxygen atoms in total. The fraction of sp³-hybridized carbons (Fsp3) is 0.407. The standard InChI is InChI=1S/C27H32ClN5O3S/c1-16-21(13-19(28)14-29-16)31-17(2)23-9-10-24(37-23)27(35)33-22(12-18-6-4-5-7-18)26(34)32-20-8-11-25(36-3)30-15-20/h8-11,13-15,17-18,22,31H,4-7,12H2,1-3H3,(H,32,34)(H,33,35). The van der Waals surface area contributed by atoms with Gasteiger partial charge in [-0.3, -0.25) is 14.6 Å². The maximum absolute atomic E-state index is 13.2. The van der Waals surface area contributed by atoms with E-state index in [4.69, 9.17) is 16.3 Å². The zero-order chi connectivity index (χ0) is 26.4. The second-order valence-corrected chi connectivity index (χ2v) is 10.9. The van der Waals surface area contributed by atoms with Crippen LogP contribution in [-0.2, 0) is 4.79 Å². The number of anilines is 2. The lowest BCUT2D eigenvalue weighted by Gasteiger charge is -2.21. The van der Waals surface area contributed by atoms with Crippen LogP contribution in [0.15, 0.2) is 42.7 Å². The van der Waals surface area contributed by atoms with E-state index in [1.54, 1.807) is 30.6 Å². The molecule has 3 heterocycles. The van der Waals surface area contributed by atoms with Gasteiger partial charge in [-0.05, 0) is 50.5 Å². The maximum Gasteiger partial charge on any atom is 0.262 e. The van der Waals surface area contributed by atoms with Crippen LogP contribution < -0.4 is 20.7 Å². The lowest BCUT2D eigenvalue weighted by atomic mass is 9.97. The Morgan fingerprint density at radius 1 is 1.16 bits per heavy atom. The molecule has 0 aromatic carbocycles. The number of hydrogen-bond acceptors (Lipinski definition) is 7. The smallest absolute Gasteiger partial charge is 0.262 e. The molecule has 3 aromatic heterocycles. The number of halogens is 1. The van der Waals surface area contributed by atoms with Crippen LogP contribution in [0.1, 0.15) is 65.3 Å². The number of amides is 2. The number of nitrogens with one attached hydrogen (secondary N) is 3. The van der Waals surface area contributed by atoms with Gasteiger partial charge in [0.2, 0.25) is 11.8 Å². The van der Waals surface area contributed by atoms with Crippen LogP contribution in [0.3, 0.4) is 0 Å². The normalized spacial score (nSPS) is 15.1. The maximum atomic E-state index is 13.2. The summed E-state index contributed by atoms with van der Waals surface area (Å²) in [5.41, 5.74) is 2.25. The average Bonchev–Trinajstić information content (AvgIpc) is 3.59. The quantitative estimate of drug-likeness (QED) is 0.291. The number of nitrogens with zero attached hydrogens (tertiary/aromatic N) is 2. The molecule has 0 saturated heterocycles. The molecule has 3 N–H and O–H groups in total. The molecule has 1 aliphatic carbocycles. The van der Waals surface area contributed by atoms with Crippen molar-refractivity contribution in [3.05, 3.63) is 63.2 Å². The second kappa shape index (κ2) is 12.4. The highest BCUT2D eigenvalue weighted by atomic mass is 35.5. The van der Waals surface area contributed by atoms with Gasteiger partial charge in [-0.2, -0.15) is 0 Å². The molecule has 0 radical (unpaired) electrons. The molecule has 0 bridgehead atoms.